The van der Waals surface area contributed by atoms with E-state index in [0.717, 1.165) is 86.2 Å². The predicted octanol–water partition coefficient (Wildman–Crippen LogP) is 3.98. The standard InChI is InChI=1S/C41H47N9O4/c1-47-16-7-11-35(47)34-22-31-25-42-37(23-33(31)44-34)45-40(53)29-12-14-38(43-24-29)50-20-18-49(19-21-50)17-5-3-4-8-28-9-6-10-30(27-51)32(28)26-48(2)36-13-15-39(52)46-41(36)54/h6,9-10,12,14,22-25,27,35-36,44H,3,5,7,11,13,15-21,26H2,1-2H3,(H,42,45,53)(H,46,52,54). The van der Waals surface area contributed by atoms with Gasteiger partial charge in [0.05, 0.1) is 17.1 Å². The Kier molecular flexibility index (Phi) is 11.4. The highest BCUT2D eigenvalue weighted by Gasteiger charge is 2.30. The van der Waals surface area contributed by atoms with Gasteiger partial charge >= 0.3 is 0 Å². The Bertz CT molecular complexity index is 2080. The third kappa shape index (κ3) is 8.52. The molecule has 54 heavy (non-hydrogen) atoms. The first-order valence-corrected chi connectivity index (χ1v) is 18.8. The van der Waals surface area contributed by atoms with Gasteiger partial charge in [-0.25, -0.2) is 9.97 Å². The van der Waals surface area contributed by atoms with Crippen molar-refractivity contribution in [3.05, 3.63) is 82.8 Å². The number of aldehydes is 1. The van der Waals surface area contributed by atoms with Crippen molar-refractivity contribution in [2.24, 2.45) is 0 Å². The zero-order valence-electron chi connectivity index (χ0n) is 30.9. The number of nitrogens with zero attached hydrogens (tertiary/aromatic N) is 6. The van der Waals surface area contributed by atoms with Crippen LogP contribution in [0.15, 0.2) is 54.9 Å². The van der Waals surface area contributed by atoms with Gasteiger partial charge in [0.1, 0.15) is 17.9 Å². The van der Waals surface area contributed by atoms with Gasteiger partial charge in [-0.05, 0) is 82.7 Å². The Labute approximate surface area is 315 Å². The van der Waals surface area contributed by atoms with Crippen molar-refractivity contribution >= 4 is 46.5 Å². The highest BCUT2D eigenvalue weighted by molar-refractivity contribution is 6.04. The molecule has 3 aliphatic heterocycles. The molecular formula is C41H47N9O4. The molecular weight excluding hydrogens is 683 g/mol. The summed E-state index contributed by atoms with van der Waals surface area (Å²) in [5, 5.41) is 6.36. The molecule has 2 unspecified atom stereocenters. The molecule has 13 heteroatoms. The van der Waals surface area contributed by atoms with Crippen molar-refractivity contribution in [3.8, 4) is 11.8 Å². The Morgan fingerprint density at radius 3 is 2.65 bits per heavy atom. The zero-order chi connectivity index (χ0) is 37.6. The maximum absolute atomic E-state index is 13.1. The number of carbonyl (C=O) groups is 4. The molecule has 13 nitrogen and oxygen atoms in total. The number of imide groups is 1. The van der Waals surface area contributed by atoms with E-state index in [1.54, 1.807) is 18.5 Å². The fourth-order valence-corrected chi connectivity index (χ4v) is 7.72. The van der Waals surface area contributed by atoms with Crippen LogP contribution in [0.1, 0.15) is 82.1 Å². The molecule has 4 aromatic rings. The monoisotopic (exact) mass is 729 g/mol. The second kappa shape index (κ2) is 16.7. The van der Waals surface area contributed by atoms with E-state index in [9.17, 15) is 19.2 Å². The van der Waals surface area contributed by atoms with Gasteiger partial charge in [0.25, 0.3) is 5.91 Å². The average Bonchev–Trinajstić information content (AvgIpc) is 3.80. The number of nitrogens with one attached hydrogen (secondary N) is 3. The van der Waals surface area contributed by atoms with E-state index in [0.29, 0.717) is 48.8 Å². The number of likely N-dealkylation sites (N-methyl/N-ethyl adjacent to an activating group) is 1. The quantitative estimate of drug-likeness (QED) is 0.0897. The van der Waals surface area contributed by atoms with Crippen molar-refractivity contribution in [1.82, 2.24) is 35.0 Å². The number of pyridine rings is 2. The van der Waals surface area contributed by atoms with Crippen LogP contribution in [0.4, 0.5) is 11.6 Å². The van der Waals surface area contributed by atoms with Crippen molar-refractivity contribution in [3.63, 3.8) is 0 Å². The van der Waals surface area contributed by atoms with E-state index >= 15 is 0 Å². The second-order valence-corrected chi connectivity index (χ2v) is 14.5. The van der Waals surface area contributed by atoms with Gasteiger partial charge in [0.2, 0.25) is 11.8 Å². The summed E-state index contributed by atoms with van der Waals surface area (Å²) in [6.07, 6.45) is 8.96. The molecule has 3 aliphatic rings. The largest absolute Gasteiger partial charge is 0.357 e. The molecule has 3 N–H and O–H groups in total. The zero-order valence-corrected chi connectivity index (χ0v) is 30.9. The second-order valence-electron chi connectivity index (χ2n) is 14.5. The molecule has 0 bridgehead atoms. The molecule has 3 amide bonds. The maximum Gasteiger partial charge on any atom is 0.258 e. The molecule has 6 heterocycles. The van der Waals surface area contributed by atoms with Crippen LogP contribution in [0.25, 0.3) is 10.9 Å². The molecule has 7 rings (SSSR count). The number of likely N-dealkylation sites (tertiary alicyclic amines) is 1. The molecule has 2 atom stereocenters. The highest BCUT2D eigenvalue weighted by Crippen LogP contribution is 2.32. The first kappa shape index (κ1) is 36.9. The van der Waals surface area contributed by atoms with Crippen LogP contribution in [0.5, 0.6) is 0 Å². The summed E-state index contributed by atoms with van der Waals surface area (Å²) in [6.45, 7) is 5.89. The Hall–Kier alpha value is -5.42. The molecule has 280 valence electrons. The van der Waals surface area contributed by atoms with Crippen LogP contribution in [0.2, 0.25) is 0 Å². The first-order valence-electron chi connectivity index (χ1n) is 18.8. The molecule has 0 radical (unpaired) electrons. The van der Waals surface area contributed by atoms with Gasteiger partial charge in [0.15, 0.2) is 0 Å². The SMILES string of the molecule is CN(Cc1c(C#CCCCN2CCN(c3ccc(C(=O)Nc4cc5[nH]c(C6CCCN6C)cc5cn4)cn3)CC2)cccc1C=O)C1CCC(=O)NC1=O. The summed E-state index contributed by atoms with van der Waals surface area (Å²) in [4.78, 5) is 70.4. The van der Waals surface area contributed by atoms with Gasteiger partial charge in [-0.3, -0.25) is 39.2 Å². The van der Waals surface area contributed by atoms with E-state index in [-0.39, 0.29) is 17.7 Å². The fraction of sp³-hybridized carbons (Fsp3) is 0.415. The summed E-state index contributed by atoms with van der Waals surface area (Å²) in [6, 6.07) is 13.2. The van der Waals surface area contributed by atoms with E-state index in [1.807, 2.05) is 42.3 Å². The lowest BCUT2D eigenvalue weighted by molar-refractivity contribution is -0.137. The van der Waals surface area contributed by atoms with Crippen LogP contribution in [0, 0.1) is 11.8 Å². The van der Waals surface area contributed by atoms with Crippen LogP contribution >= 0.6 is 0 Å². The number of H-pyrrole nitrogens is 1. The molecule has 0 saturated carbocycles. The topological polar surface area (TPSA) is 147 Å². The number of aromatic amines is 1. The van der Waals surface area contributed by atoms with E-state index < -0.39 is 6.04 Å². The van der Waals surface area contributed by atoms with Crippen molar-refractivity contribution in [2.75, 3.05) is 63.6 Å². The third-order valence-electron chi connectivity index (χ3n) is 10.8. The number of carbonyl (C=O) groups excluding carboxylic acids is 4. The number of piperidine rings is 1. The van der Waals surface area contributed by atoms with Gasteiger partial charge < -0.3 is 15.2 Å². The van der Waals surface area contributed by atoms with Gasteiger partial charge in [-0.1, -0.05) is 24.0 Å². The summed E-state index contributed by atoms with van der Waals surface area (Å²) >= 11 is 0. The van der Waals surface area contributed by atoms with Crippen molar-refractivity contribution in [2.45, 2.75) is 57.2 Å². The Morgan fingerprint density at radius 1 is 1.06 bits per heavy atom. The van der Waals surface area contributed by atoms with Crippen LogP contribution in [0.3, 0.4) is 0 Å². The van der Waals surface area contributed by atoms with Gasteiger partial charge in [-0.2, -0.15) is 0 Å². The molecule has 3 saturated heterocycles. The van der Waals surface area contributed by atoms with Crippen LogP contribution in [-0.4, -0.2) is 113 Å². The number of piperazine rings is 1. The summed E-state index contributed by atoms with van der Waals surface area (Å²) in [5.41, 5.74) is 4.74. The fourth-order valence-electron chi connectivity index (χ4n) is 7.72. The number of fused-ring (bicyclic) bond motifs is 1. The van der Waals surface area contributed by atoms with E-state index in [4.69, 9.17) is 0 Å². The highest BCUT2D eigenvalue weighted by atomic mass is 16.2. The number of amides is 3. The Balaban J connectivity index is 0.863. The number of benzene rings is 1. The van der Waals surface area contributed by atoms with E-state index in [1.165, 1.54) is 12.1 Å². The van der Waals surface area contributed by atoms with Crippen LogP contribution < -0.4 is 15.5 Å². The van der Waals surface area contributed by atoms with Gasteiger partial charge in [0, 0.05) is 92.3 Å². The van der Waals surface area contributed by atoms with E-state index in [2.05, 4.69) is 65.2 Å². The lowest BCUT2D eigenvalue weighted by Crippen LogP contribution is -2.51. The number of aromatic nitrogens is 3. The normalized spacial score (nSPS) is 19.5. The third-order valence-corrected chi connectivity index (χ3v) is 10.8. The lowest BCUT2D eigenvalue weighted by atomic mass is 9.99. The summed E-state index contributed by atoms with van der Waals surface area (Å²) < 4.78 is 0. The molecule has 1 aromatic carbocycles. The van der Waals surface area contributed by atoms with Crippen molar-refractivity contribution < 1.29 is 19.2 Å². The number of hydrogen-bond donors (Lipinski definition) is 3. The first-order chi connectivity index (χ1) is 26.2. The minimum Gasteiger partial charge on any atom is -0.357 e. The predicted molar refractivity (Wildman–Crippen MR) is 207 cm³/mol. The summed E-state index contributed by atoms with van der Waals surface area (Å²) in [5.74, 6) is 7.10. The molecule has 0 aliphatic carbocycles. The number of anilines is 2. The van der Waals surface area contributed by atoms with Gasteiger partial charge in [-0.15, -0.1) is 0 Å². The number of unbranched alkanes of at least 4 members (excludes halogenated alkanes) is 1. The number of hydrogen-bond acceptors (Lipinski definition) is 10. The maximum atomic E-state index is 13.1. The lowest BCUT2D eigenvalue weighted by Gasteiger charge is -2.35. The van der Waals surface area contributed by atoms with Crippen LogP contribution in [-0.2, 0) is 16.1 Å². The minimum atomic E-state index is -0.433. The number of rotatable bonds is 11. The smallest absolute Gasteiger partial charge is 0.258 e. The summed E-state index contributed by atoms with van der Waals surface area (Å²) in [7, 11) is 3.98. The molecule has 0 spiro atoms. The minimum absolute atomic E-state index is 0.247. The molecule has 3 aromatic heterocycles. The average molecular weight is 730 g/mol. The molecule has 3 fully saturated rings. The Morgan fingerprint density at radius 2 is 1.91 bits per heavy atom. The van der Waals surface area contributed by atoms with Crippen molar-refractivity contribution in [1.29, 1.82) is 0 Å².